The topological polar surface area (TPSA) is 73.4 Å². The maximum absolute atomic E-state index is 13.5. The number of hydrogen-bond donors (Lipinski definition) is 2. The first kappa shape index (κ1) is 20.3. The fraction of sp³-hybridized carbons (Fsp3) is 0.630. The second-order valence-electron chi connectivity index (χ2n) is 11.1. The van der Waals surface area contributed by atoms with Crippen molar-refractivity contribution in [1.29, 1.82) is 0 Å². The van der Waals surface area contributed by atoms with E-state index < -0.39 is 5.97 Å². The minimum Gasteiger partial charge on any atom is -0.481 e. The predicted molar refractivity (Wildman–Crippen MR) is 124 cm³/mol. The minimum absolute atomic E-state index is 0.205. The van der Waals surface area contributed by atoms with E-state index >= 15 is 0 Å². The Hall–Kier alpha value is -2.30. The Morgan fingerprint density at radius 3 is 2.44 bits per heavy atom. The van der Waals surface area contributed by atoms with Crippen LogP contribution in [-0.2, 0) is 9.59 Å². The zero-order valence-corrected chi connectivity index (χ0v) is 18.9. The van der Waals surface area contributed by atoms with Gasteiger partial charge in [0.15, 0.2) is 0 Å². The minimum atomic E-state index is -0.674. The highest BCUT2D eigenvalue weighted by molar-refractivity contribution is 5.89. The van der Waals surface area contributed by atoms with Crippen LogP contribution in [0.4, 0.5) is 0 Å². The molecule has 5 heteroatoms. The van der Waals surface area contributed by atoms with Crippen LogP contribution >= 0.6 is 0 Å². The molecule has 5 nitrogen and oxygen atoms in total. The third-order valence-corrected chi connectivity index (χ3v) is 9.07. The molecule has 1 unspecified atom stereocenters. The molecule has 2 aliphatic heterocycles. The van der Waals surface area contributed by atoms with Crippen LogP contribution in [0.2, 0.25) is 0 Å². The number of amides is 1. The molecule has 7 rings (SSSR count). The number of carboxylic acids is 1. The lowest BCUT2D eigenvalue weighted by Crippen LogP contribution is -2.62. The normalized spacial score (nSPS) is 31.9. The summed E-state index contributed by atoms with van der Waals surface area (Å²) in [5.41, 5.74) is 3.96. The fourth-order valence-electron chi connectivity index (χ4n) is 7.63. The zero-order valence-electron chi connectivity index (χ0n) is 18.9. The van der Waals surface area contributed by atoms with Crippen LogP contribution in [-0.4, -0.2) is 39.0 Å². The Morgan fingerprint density at radius 1 is 1.12 bits per heavy atom. The molecule has 1 aromatic heterocycles. The molecule has 2 N–H and O–H groups in total. The van der Waals surface area contributed by atoms with Gasteiger partial charge in [-0.3, -0.25) is 9.59 Å². The van der Waals surface area contributed by atoms with Crippen molar-refractivity contribution in [1.82, 2.24) is 9.88 Å². The third kappa shape index (κ3) is 3.36. The van der Waals surface area contributed by atoms with Crippen molar-refractivity contribution in [2.45, 2.75) is 88.6 Å². The number of carboxylic acid groups (broad SMARTS) is 1. The van der Waals surface area contributed by atoms with Gasteiger partial charge in [0, 0.05) is 42.0 Å². The van der Waals surface area contributed by atoms with Crippen LogP contribution in [0.5, 0.6) is 0 Å². The summed E-state index contributed by atoms with van der Waals surface area (Å²) in [6.07, 6.45) is 10.7. The van der Waals surface area contributed by atoms with E-state index in [-0.39, 0.29) is 5.92 Å². The number of fused-ring (bicyclic) bond motifs is 1. The van der Waals surface area contributed by atoms with E-state index in [2.05, 4.69) is 41.2 Å². The van der Waals surface area contributed by atoms with E-state index in [4.69, 9.17) is 5.11 Å². The van der Waals surface area contributed by atoms with Gasteiger partial charge in [-0.1, -0.05) is 19.1 Å². The number of aliphatic carboxylic acids is 1. The molecule has 3 heterocycles. The Labute approximate surface area is 189 Å². The summed E-state index contributed by atoms with van der Waals surface area (Å²) in [6.45, 7) is 2.21. The number of H-pyrrole nitrogens is 1. The number of hydrogen-bond acceptors (Lipinski definition) is 2. The molecule has 3 aliphatic carbocycles. The molecule has 2 saturated heterocycles. The lowest BCUT2D eigenvalue weighted by Gasteiger charge is -2.60. The smallest absolute Gasteiger partial charge is 0.303 e. The average molecular weight is 435 g/mol. The molecule has 32 heavy (non-hydrogen) atoms. The van der Waals surface area contributed by atoms with Crippen LogP contribution in [0.1, 0.15) is 87.7 Å². The fourth-order valence-corrected chi connectivity index (χ4v) is 7.63. The highest BCUT2D eigenvalue weighted by Gasteiger charge is 2.52. The number of nitrogens with one attached hydrogen (secondary N) is 1. The lowest BCUT2D eigenvalue weighted by molar-refractivity contribution is -0.156. The first-order valence-corrected chi connectivity index (χ1v) is 12.6. The van der Waals surface area contributed by atoms with Gasteiger partial charge in [-0.05, 0) is 91.7 Å². The molecular formula is C27H34N2O3. The first-order valence-electron chi connectivity index (χ1n) is 12.6. The highest BCUT2D eigenvalue weighted by Crippen LogP contribution is 2.54. The molecule has 1 amide bonds. The number of carbonyl (C=O) groups is 2. The second kappa shape index (κ2) is 7.64. The van der Waals surface area contributed by atoms with E-state index in [0.29, 0.717) is 54.5 Å². The maximum atomic E-state index is 13.5. The molecular weight excluding hydrogens is 400 g/mol. The van der Waals surface area contributed by atoms with Gasteiger partial charge in [0.25, 0.3) is 0 Å². The van der Waals surface area contributed by atoms with Crippen molar-refractivity contribution in [3.8, 4) is 0 Å². The molecule has 1 aromatic carbocycles. The number of carbonyl (C=O) groups excluding carboxylic acids is 1. The molecule has 4 bridgehead atoms. The molecule has 1 atom stereocenters. The summed E-state index contributed by atoms with van der Waals surface area (Å²) in [5, 5.41) is 10.5. The molecule has 3 saturated carbocycles. The van der Waals surface area contributed by atoms with Crippen LogP contribution in [0.25, 0.3) is 10.9 Å². The van der Waals surface area contributed by atoms with Crippen molar-refractivity contribution in [3.05, 3.63) is 35.5 Å². The lowest BCUT2D eigenvalue weighted by atomic mass is 9.56. The summed E-state index contributed by atoms with van der Waals surface area (Å²) >= 11 is 0. The van der Waals surface area contributed by atoms with Gasteiger partial charge < -0.3 is 15.0 Å². The monoisotopic (exact) mass is 434 g/mol. The average Bonchev–Trinajstić information content (AvgIpc) is 3.50. The summed E-state index contributed by atoms with van der Waals surface area (Å²) in [5.74, 6) is 2.34. The van der Waals surface area contributed by atoms with Gasteiger partial charge in [0.2, 0.25) is 5.91 Å². The molecule has 5 aliphatic rings. The standard InChI is InChI=1S/C27H34N2O3/c1-15(23-14-28-24-4-2-3-22(27(23)24)16-5-6-16)9-25(30)29-19-10-17-11-20(29)13-18(12-19)21(17)7-8-26(31)32/h2-4,14-21,28H,5-13H2,1H3,(H,31,32). The molecule has 5 fully saturated rings. The number of benzene rings is 1. The summed E-state index contributed by atoms with van der Waals surface area (Å²) in [4.78, 5) is 30.3. The van der Waals surface area contributed by atoms with Gasteiger partial charge >= 0.3 is 5.97 Å². The van der Waals surface area contributed by atoms with Gasteiger partial charge in [0.05, 0.1) is 0 Å². The van der Waals surface area contributed by atoms with Gasteiger partial charge in [-0.15, -0.1) is 0 Å². The molecule has 0 spiro atoms. The number of aromatic nitrogens is 1. The van der Waals surface area contributed by atoms with E-state index in [0.717, 1.165) is 32.1 Å². The zero-order chi connectivity index (χ0) is 22.0. The first-order chi connectivity index (χ1) is 15.5. The van der Waals surface area contributed by atoms with E-state index in [9.17, 15) is 9.59 Å². The van der Waals surface area contributed by atoms with Crippen molar-refractivity contribution in [3.63, 3.8) is 0 Å². The quantitative estimate of drug-likeness (QED) is 0.611. The van der Waals surface area contributed by atoms with Crippen LogP contribution < -0.4 is 0 Å². The molecule has 2 aromatic rings. The predicted octanol–water partition coefficient (Wildman–Crippen LogP) is 5.42. The van der Waals surface area contributed by atoms with Crippen LogP contribution in [0.3, 0.4) is 0 Å². The molecule has 0 radical (unpaired) electrons. The maximum Gasteiger partial charge on any atom is 0.303 e. The van der Waals surface area contributed by atoms with Crippen LogP contribution in [0.15, 0.2) is 24.4 Å². The van der Waals surface area contributed by atoms with Crippen molar-refractivity contribution >= 4 is 22.8 Å². The number of piperidine rings is 2. The number of nitrogens with zero attached hydrogens (tertiary/aromatic N) is 1. The van der Waals surface area contributed by atoms with Crippen molar-refractivity contribution in [2.24, 2.45) is 17.8 Å². The number of rotatable bonds is 7. The molecule has 170 valence electrons. The van der Waals surface area contributed by atoms with E-state index in [1.807, 2.05) is 0 Å². The second-order valence-corrected chi connectivity index (χ2v) is 11.1. The van der Waals surface area contributed by atoms with Crippen molar-refractivity contribution < 1.29 is 14.7 Å². The van der Waals surface area contributed by atoms with Gasteiger partial charge in [-0.2, -0.15) is 0 Å². The van der Waals surface area contributed by atoms with Crippen LogP contribution in [0, 0.1) is 17.8 Å². The SMILES string of the molecule is CC(CC(=O)N1C2CC3CC1CC(C2)C3CCC(=O)O)c1c[nH]c2cccc(C3CC3)c12. The Balaban J connectivity index is 1.16. The van der Waals surface area contributed by atoms with Gasteiger partial charge in [-0.25, -0.2) is 0 Å². The number of aromatic amines is 1. The summed E-state index contributed by atoms with van der Waals surface area (Å²) in [7, 11) is 0. The third-order valence-electron chi connectivity index (χ3n) is 9.07. The van der Waals surface area contributed by atoms with Crippen molar-refractivity contribution in [2.75, 3.05) is 0 Å². The Kier molecular flexibility index (Phi) is 4.85. The highest BCUT2D eigenvalue weighted by atomic mass is 16.4. The summed E-state index contributed by atoms with van der Waals surface area (Å²) < 4.78 is 0. The Bertz CT molecular complexity index is 1020. The largest absolute Gasteiger partial charge is 0.481 e. The summed E-state index contributed by atoms with van der Waals surface area (Å²) in [6, 6.07) is 7.33. The Morgan fingerprint density at radius 2 is 1.81 bits per heavy atom. The van der Waals surface area contributed by atoms with Gasteiger partial charge in [0.1, 0.15) is 0 Å². The van der Waals surface area contributed by atoms with E-state index in [1.165, 1.54) is 34.9 Å². The van der Waals surface area contributed by atoms with E-state index in [1.54, 1.807) is 0 Å².